The van der Waals surface area contributed by atoms with Gasteiger partial charge in [-0.3, -0.25) is 4.79 Å². The number of ketones is 1. The number of nitrogens with one attached hydrogen (secondary N) is 1. The van der Waals surface area contributed by atoms with Gasteiger partial charge in [0, 0.05) is 40.8 Å². The zero-order valence-electron chi connectivity index (χ0n) is 10.6. The molecule has 0 aliphatic rings. The summed E-state index contributed by atoms with van der Waals surface area (Å²) in [5.74, 6) is -0.171. The van der Waals surface area contributed by atoms with E-state index in [0.717, 1.165) is 20.9 Å². The van der Waals surface area contributed by atoms with Crippen molar-refractivity contribution in [1.82, 2.24) is 4.98 Å². The SMILES string of the molecule is O=C(CCCC(F)(F)F)Cc1c[nH]c2ccc(Br)cc12. The van der Waals surface area contributed by atoms with Crippen LogP contribution in [0.1, 0.15) is 24.8 Å². The molecule has 0 spiro atoms. The van der Waals surface area contributed by atoms with Crippen molar-refractivity contribution in [2.24, 2.45) is 0 Å². The average Bonchev–Trinajstić information content (AvgIpc) is 2.70. The standard InChI is InChI=1S/C14H13BrF3NO/c15-10-3-4-13-12(7-10)9(8-19-13)6-11(20)2-1-5-14(16,17)18/h3-4,7-8,19H,1-2,5-6H2. The summed E-state index contributed by atoms with van der Waals surface area (Å²) in [7, 11) is 0. The van der Waals surface area contributed by atoms with Gasteiger partial charge in [0.05, 0.1) is 0 Å². The van der Waals surface area contributed by atoms with E-state index >= 15 is 0 Å². The van der Waals surface area contributed by atoms with E-state index in [4.69, 9.17) is 0 Å². The lowest BCUT2D eigenvalue weighted by Crippen LogP contribution is -2.09. The number of halogens is 4. The Balaban J connectivity index is 1.98. The molecule has 0 aliphatic carbocycles. The van der Waals surface area contributed by atoms with E-state index < -0.39 is 12.6 Å². The van der Waals surface area contributed by atoms with Gasteiger partial charge in [0.2, 0.25) is 0 Å². The van der Waals surface area contributed by atoms with Crippen molar-refractivity contribution in [3.8, 4) is 0 Å². The van der Waals surface area contributed by atoms with Gasteiger partial charge in [0.1, 0.15) is 5.78 Å². The zero-order valence-corrected chi connectivity index (χ0v) is 12.1. The highest BCUT2D eigenvalue weighted by Crippen LogP contribution is 2.25. The number of Topliss-reactive ketones (excluding diaryl/α,β-unsaturated/α-hetero) is 1. The largest absolute Gasteiger partial charge is 0.389 e. The molecule has 1 aromatic heterocycles. The Morgan fingerprint density at radius 3 is 2.75 bits per heavy atom. The summed E-state index contributed by atoms with van der Waals surface area (Å²) in [6, 6.07) is 5.66. The van der Waals surface area contributed by atoms with Crippen molar-refractivity contribution < 1.29 is 18.0 Å². The van der Waals surface area contributed by atoms with Crippen molar-refractivity contribution in [3.63, 3.8) is 0 Å². The first-order valence-corrected chi connectivity index (χ1v) is 6.98. The zero-order chi connectivity index (χ0) is 14.8. The van der Waals surface area contributed by atoms with Crippen LogP contribution < -0.4 is 0 Å². The second-order valence-electron chi connectivity index (χ2n) is 4.69. The molecule has 1 aromatic carbocycles. The number of aromatic amines is 1. The molecule has 0 saturated carbocycles. The van der Waals surface area contributed by atoms with E-state index in [9.17, 15) is 18.0 Å². The van der Waals surface area contributed by atoms with Crippen LogP contribution in [0.4, 0.5) is 13.2 Å². The first-order chi connectivity index (χ1) is 9.35. The Morgan fingerprint density at radius 1 is 1.30 bits per heavy atom. The van der Waals surface area contributed by atoms with Gasteiger partial charge in [0.15, 0.2) is 0 Å². The summed E-state index contributed by atoms with van der Waals surface area (Å²) in [4.78, 5) is 14.8. The number of H-pyrrole nitrogens is 1. The molecular formula is C14H13BrF3NO. The molecule has 1 N–H and O–H groups in total. The lowest BCUT2D eigenvalue weighted by molar-refractivity contribution is -0.137. The molecule has 0 radical (unpaired) electrons. The maximum atomic E-state index is 12.0. The molecule has 1 heterocycles. The molecule has 0 amide bonds. The second kappa shape index (κ2) is 5.99. The predicted molar refractivity (Wildman–Crippen MR) is 74.6 cm³/mol. The van der Waals surface area contributed by atoms with Gasteiger partial charge in [-0.05, 0) is 30.2 Å². The topological polar surface area (TPSA) is 32.9 Å². The second-order valence-corrected chi connectivity index (χ2v) is 5.60. The Morgan fingerprint density at radius 2 is 2.05 bits per heavy atom. The fourth-order valence-corrected chi connectivity index (χ4v) is 2.44. The quantitative estimate of drug-likeness (QED) is 0.829. The number of benzene rings is 1. The van der Waals surface area contributed by atoms with Crippen molar-refractivity contribution in [2.45, 2.75) is 31.9 Å². The van der Waals surface area contributed by atoms with Gasteiger partial charge in [-0.2, -0.15) is 13.2 Å². The van der Waals surface area contributed by atoms with Crippen LogP contribution in [0, 0.1) is 0 Å². The predicted octanol–water partition coefficient (Wildman–Crippen LogP) is 4.77. The number of fused-ring (bicyclic) bond motifs is 1. The van der Waals surface area contributed by atoms with Gasteiger partial charge in [-0.25, -0.2) is 0 Å². The van der Waals surface area contributed by atoms with Crippen LogP contribution in [0.15, 0.2) is 28.9 Å². The van der Waals surface area contributed by atoms with E-state index in [-0.39, 0.29) is 25.0 Å². The third-order valence-electron chi connectivity index (χ3n) is 3.03. The lowest BCUT2D eigenvalue weighted by Gasteiger charge is -2.05. The minimum atomic E-state index is -4.19. The molecule has 0 saturated heterocycles. The number of carbonyl (C=O) groups excluding carboxylic acids is 1. The fraction of sp³-hybridized carbons (Fsp3) is 0.357. The minimum Gasteiger partial charge on any atom is -0.361 e. The van der Waals surface area contributed by atoms with Crippen LogP contribution in [0.2, 0.25) is 0 Å². The fourth-order valence-electron chi connectivity index (χ4n) is 2.08. The molecule has 0 atom stereocenters. The van der Waals surface area contributed by atoms with Crippen LogP contribution in [-0.4, -0.2) is 16.9 Å². The van der Waals surface area contributed by atoms with Gasteiger partial charge in [-0.1, -0.05) is 15.9 Å². The Bertz CT molecular complexity index is 618. The molecule has 20 heavy (non-hydrogen) atoms. The van der Waals surface area contributed by atoms with Crippen molar-refractivity contribution >= 4 is 32.6 Å². The summed E-state index contributed by atoms with van der Waals surface area (Å²) in [5.41, 5.74) is 1.73. The molecule has 2 aromatic rings. The van der Waals surface area contributed by atoms with Gasteiger partial charge in [-0.15, -0.1) is 0 Å². The molecule has 2 nitrogen and oxygen atoms in total. The summed E-state index contributed by atoms with van der Waals surface area (Å²) in [6.45, 7) is 0. The van der Waals surface area contributed by atoms with Crippen molar-refractivity contribution in [1.29, 1.82) is 0 Å². The minimum absolute atomic E-state index is 0.0415. The van der Waals surface area contributed by atoms with E-state index in [1.54, 1.807) is 6.20 Å². The molecule has 108 valence electrons. The van der Waals surface area contributed by atoms with Crippen LogP contribution in [0.5, 0.6) is 0 Å². The van der Waals surface area contributed by atoms with Crippen LogP contribution in [0.25, 0.3) is 10.9 Å². The number of carbonyl (C=O) groups is 1. The van der Waals surface area contributed by atoms with Crippen molar-refractivity contribution in [2.75, 3.05) is 0 Å². The van der Waals surface area contributed by atoms with Gasteiger partial charge in [0.25, 0.3) is 0 Å². The highest BCUT2D eigenvalue weighted by atomic mass is 79.9. The molecule has 0 fully saturated rings. The Labute approximate surface area is 122 Å². The average molecular weight is 348 g/mol. The third kappa shape index (κ3) is 4.10. The number of rotatable bonds is 5. The van der Waals surface area contributed by atoms with E-state index in [1.807, 2.05) is 18.2 Å². The monoisotopic (exact) mass is 347 g/mol. The van der Waals surface area contributed by atoms with Crippen LogP contribution >= 0.6 is 15.9 Å². The number of hydrogen-bond donors (Lipinski definition) is 1. The molecule has 6 heteroatoms. The number of aromatic nitrogens is 1. The van der Waals surface area contributed by atoms with Gasteiger partial charge < -0.3 is 4.98 Å². The number of hydrogen-bond acceptors (Lipinski definition) is 1. The molecule has 0 aliphatic heterocycles. The maximum absolute atomic E-state index is 12.0. The van der Waals surface area contributed by atoms with Crippen LogP contribution in [-0.2, 0) is 11.2 Å². The highest BCUT2D eigenvalue weighted by Gasteiger charge is 2.26. The lowest BCUT2D eigenvalue weighted by atomic mass is 10.0. The molecule has 0 unspecified atom stereocenters. The molecule has 0 bridgehead atoms. The Hall–Kier alpha value is -1.30. The summed E-state index contributed by atoms with van der Waals surface area (Å²) in [6.07, 6.45) is -3.38. The van der Waals surface area contributed by atoms with E-state index in [2.05, 4.69) is 20.9 Å². The summed E-state index contributed by atoms with van der Waals surface area (Å²) < 4.78 is 36.9. The third-order valence-corrected chi connectivity index (χ3v) is 3.53. The van der Waals surface area contributed by atoms with Crippen molar-refractivity contribution in [3.05, 3.63) is 34.4 Å². The molecular weight excluding hydrogens is 335 g/mol. The first-order valence-electron chi connectivity index (χ1n) is 6.19. The number of alkyl halides is 3. The summed E-state index contributed by atoms with van der Waals surface area (Å²) in [5, 5.41) is 0.920. The smallest absolute Gasteiger partial charge is 0.361 e. The van der Waals surface area contributed by atoms with Crippen LogP contribution in [0.3, 0.4) is 0 Å². The first kappa shape index (κ1) is 15.1. The van der Waals surface area contributed by atoms with E-state index in [1.165, 1.54) is 0 Å². The normalized spacial score (nSPS) is 12.0. The highest BCUT2D eigenvalue weighted by molar-refractivity contribution is 9.10. The summed E-state index contributed by atoms with van der Waals surface area (Å²) >= 11 is 3.36. The molecule has 2 rings (SSSR count). The van der Waals surface area contributed by atoms with Gasteiger partial charge >= 0.3 is 6.18 Å². The maximum Gasteiger partial charge on any atom is 0.389 e. The Kier molecular flexibility index (Phi) is 4.52. The van der Waals surface area contributed by atoms with E-state index in [0.29, 0.717) is 0 Å².